The maximum absolute atomic E-state index is 11.6. The average molecular weight is 304 g/mol. The number of aromatic nitrogens is 1. The minimum Gasteiger partial charge on any atom is -0.494 e. The number of pyridine rings is 1. The van der Waals surface area contributed by atoms with E-state index in [1.54, 1.807) is 13.8 Å². The first-order chi connectivity index (χ1) is 6.54. The number of hydrogen-bond donors (Lipinski definition) is 1. The summed E-state index contributed by atoms with van der Waals surface area (Å²) in [6.07, 6.45) is 0. The summed E-state index contributed by atoms with van der Waals surface area (Å²) in [6.45, 7) is 3.75. The lowest BCUT2D eigenvalue weighted by Crippen LogP contribution is -2.24. The monoisotopic (exact) mass is 304 g/mol. The molecule has 0 aliphatic carbocycles. The van der Waals surface area contributed by atoms with Crippen LogP contribution in [0.2, 0.25) is 0 Å². The normalized spacial score (nSPS) is 9.86. The van der Waals surface area contributed by atoms with E-state index in [1.807, 2.05) is 28.7 Å². The predicted octanol–water partition coefficient (Wildman–Crippen LogP) is 1.36. The number of rotatable bonds is 1. The van der Waals surface area contributed by atoms with Crippen molar-refractivity contribution in [2.24, 2.45) is 0 Å². The lowest BCUT2D eigenvalue weighted by atomic mass is 10.1. The van der Waals surface area contributed by atoms with E-state index < -0.39 is 5.56 Å². The molecule has 0 aliphatic heterocycles. The van der Waals surface area contributed by atoms with Gasteiger partial charge in [-0.25, -0.2) is 0 Å². The highest BCUT2D eigenvalue weighted by Crippen LogP contribution is 2.22. The van der Waals surface area contributed by atoms with Gasteiger partial charge in [0.2, 0.25) is 5.88 Å². The largest absolute Gasteiger partial charge is 0.494 e. The van der Waals surface area contributed by atoms with Gasteiger partial charge in [0.1, 0.15) is 11.6 Å². The molecule has 0 saturated heterocycles. The van der Waals surface area contributed by atoms with Crippen molar-refractivity contribution in [3.63, 3.8) is 0 Å². The molecule has 14 heavy (non-hydrogen) atoms. The predicted molar refractivity (Wildman–Crippen MR) is 60.2 cm³/mol. The van der Waals surface area contributed by atoms with E-state index in [-0.39, 0.29) is 11.4 Å². The van der Waals surface area contributed by atoms with E-state index in [0.717, 1.165) is 0 Å². The lowest BCUT2D eigenvalue weighted by molar-refractivity contribution is 0.406. The Kier molecular flexibility index (Phi) is 3.16. The fourth-order valence-electron chi connectivity index (χ4n) is 1.21. The second-order valence-corrected chi connectivity index (χ2v) is 3.88. The molecule has 1 aromatic rings. The van der Waals surface area contributed by atoms with Crippen molar-refractivity contribution in [1.82, 2.24) is 4.57 Å². The van der Waals surface area contributed by atoms with Crippen LogP contribution in [0.5, 0.6) is 5.88 Å². The number of aromatic hydroxyl groups is 1. The van der Waals surface area contributed by atoms with Crippen LogP contribution >= 0.6 is 22.6 Å². The van der Waals surface area contributed by atoms with Crippen LogP contribution in [0, 0.1) is 21.8 Å². The van der Waals surface area contributed by atoms with Crippen molar-refractivity contribution in [2.75, 3.05) is 0 Å². The molecule has 0 aromatic carbocycles. The number of nitriles is 1. The Hall–Kier alpha value is -1.03. The van der Waals surface area contributed by atoms with Crippen molar-refractivity contribution in [1.29, 1.82) is 5.26 Å². The summed E-state index contributed by atoms with van der Waals surface area (Å²) in [5.41, 5.74) is 0.222. The van der Waals surface area contributed by atoms with Gasteiger partial charge in [-0.05, 0) is 42.0 Å². The molecule has 5 heteroatoms. The second-order valence-electron chi connectivity index (χ2n) is 2.80. The molecule has 0 fully saturated rings. The van der Waals surface area contributed by atoms with E-state index in [0.29, 0.717) is 15.7 Å². The van der Waals surface area contributed by atoms with Crippen LogP contribution in [0.15, 0.2) is 4.79 Å². The first-order valence-corrected chi connectivity index (χ1v) is 5.14. The molecule has 1 aromatic heterocycles. The van der Waals surface area contributed by atoms with Gasteiger partial charge >= 0.3 is 0 Å². The fraction of sp³-hybridized carbons (Fsp3) is 0.333. The van der Waals surface area contributed by atoms with Gasteiger partial charge < -0.3 is 5.11 Å². The van der Waals surface area contributed by atoms with Crippen LogP contribution < -0.4 is 5.56 Å². The molecule has 1 N–H and O–H groups in total. The third kappa shape index (κ3) is 1.50. The highest BCUT2D eigenvalue weighted by molar-refractivity contribution is 14.1. The van der Waals surface area contributed by atoms with E-state index in [4.69, 9.17) is 5.26 Å². The summed E-state index contributed by atoms with van der Waals surface area (Å²) in [5.74, 6) is -0.0606. The van der Waals surface area contributed by atoms with Crippen molar-refractivity contribution < 1.29 is 5.11 Å². The van der Waals surface area contributed by atoms with Crippen molar-refractivity contribution >= 4 is 22.6 Å². The van der Waals surface area contributed by atoms with Gasteiger partial charge in [-0.15, -0.1) is 0 Å². The summed E-state index contributed by atoms with van der Waals surface area (Å²) in [7, 11) is 0. The molecule has 0 spiro atoms. The highest BCUT2D eigenvalue weighted by Gasteiger charge is 2.15. The molecular weight excluding hydrogens is 295 g/mol. The van der Waals surface area contributed by atoms with Crippen LogP contribution in [0.25, 0.3) is 0 Å². The first kappa shape index (κ1) is 11.0. The molecule has 74 valence electrons. The minimum absolute atomic E-state index is 0.0606. The molecule has 1 heterocycles. The molecule has 1 rings (SSSR count). The van der Waals surface area contributed by atoms with Crippen LogP contribution in [0.1, 0.15) is 18.1 Å². The maximum atomic E-state index is 11.6. The smallest absolute Gasteiger partial charge is 0.271 e. The lowest BCUT2D eigenvalue weighted by Gasteiger charge is -2.10. The number of nitrogens with zero attached hydrogens (tertiary/aromatic N) is 2. The molecular formula is C9H9IN2O2. The van der Waals surface area contributed by atoms with Gasteiger partial charge in [0.15, 0.2) is 0 Å². The Morgan fingerprint density at radius 3 is 2.64 bits per heavy atom. The summed E-state index contributed by atoms with van der Waals surface area (Å²) >= 11 is 1.92. The molecule has 0 amide bonds. The minimum atomic E-state index is -0.426. The van der Waals surface area contributed by atoms with E-state index >= 15 is 0 Å². The van der Waals surface area contributed by atoms with Gasteiger partial charge in [0, 0.05) is 6.54 Å². The Morgan fingerprint density at radius 2 is 2.21 bits per heavy atom. The number of halogens is 1. The van der Waals surface area contributed by atoms with Gasteiger partial charge in [-0.1, -0.05) is 0 Å². The molecule has 0 atom stereocenters. The van der Waals surface area contributed by atoms with Crippen molar-refractivity contribution in [3.05, 3.63) is 25.1 Å². The van der Waals surface area contributed by atoms with Crippen LogP contribution in [-0.4, -0.2) is 9.67 Å². The van der Waals surface area contributed by atoms with Crippen molar-refractivity contribution in [3.8, 4) is 11.9 Å². The van der Waals surface area contributed by atoms with Crippen LogP contribution in [0.4, 0.5) is 0 Å². The molecule has 0 saturated carbocycles. The second kappa shape index (κ2) is 4.00. The Morgan fingerprint density at radius 1 is 1.64 bits per heavy atom. The fourth-order valence-corrected chi connectivity index (χ4v) is 1.77. The third-order valence-electron chi connectivity index (χ3n) is 2.04. The van der Waals surface area contributed by atoms with Crippen LogP contribution in [0.3, 0.4) is 0 Å². The Balaban J connectivity index is 3.76. The Labute approximate surface area is 94.9 Å². The van der Waals surface area contributed by atoms with E-state index in [9.17, 15) is 9.90 Å². The maximum Gasteiger partial charge on any atom is 0.271 e. The SMILES string of the molecule is CCn1c(O)c(I)c(C)c(C#N)c1=O. The average Bonchev–Trinajstić information content (AvgIpc) is 2.16. The number of hydrogen-bond acceptors (Lipinski definition) is 3. The van der Waals surface area contributed by atoms with E-state index in [1.165, 1.54) is 4.57 Å². The standard InChI is InChI=1S/C9H9IN2O2/c1-3-12-8(13)6(4-11)5(2)7(10)9(12)14/h14H,3H2,1-2H3. The van der Waals surface area contributed by atoms with Gasteiger partial charge in [0.05, 0.1) is 3.57 Å². The molecule has 4 nitrogen and oxygen atoms in total. The summed E-state index contributed by atoms with van der Waals surface area (Å²) < 4.78 is 1.74. The summed E-state index contributed by atoms with van der Waals surface area (Å²) in [6, 6.07) is 1.86. The summed E-state index contributed by atoms with van der Waals surface area (Å²) in [5, 5.41) is 18.4. The Bertz CT molecular complexity index is 471. The zero-order valence-electron chi connectivity index (χ0n) is 7.83. The van der Waals surface area contributed by atoms with E-state index in [2.05, 4.69) is 0 Å². The van der Waals surface area contributed by atoms with Crippen molar-refractivity contribution in [2.45, 2.75) is 20.4 Å². The first-order valence-electron chi connectivity index (χ1n) is 4.06. The molecule has 0 unspecified atom stereocenters. The topological polar surface area (TPSA) is 66.0 Å². The van der Waals surface area contributed by atoms with Gasteiger partial charge in [0.25, 0.3) is 5.56 Å². The highest BCUT2D eigenvalue weighted by atomic mass is 127. The zero-order chi connectivity index (χ0) is 10.9. The summed E-state index contributed by atoms with van der Waals surface area (Å²) in [4.78, 5) is 11.6. The van der Waals surface area contributed by atoms with Gasteiger partial charge in [-0.3, -0.25) is 9.36 Å². The zero-order valence-corrected chi connectivity index (χ0v) is 9.99. The molecule has 0 aliphatic rings. The molecule has 0 bridgehead atoms. The third-order valence-corrected chi connectivity index (χ3v) is 3.33. The quantitative estimate of drug-likeness (QED) is 0.797. The van der Waals surface area contributed by atoms with Crippen LogP contribution in [-0.2, 0) is 6.54 Å². The van der Waals surface area contributed by atoms with Gasteiger partial charge in [-0.2, -0.15) is 5.26 Å². The molecule has 0 radical (unpaired) electrons.